The van der Waals surface area contributed by atoms with E-state index in [-0.39, 0.29) is 11.3 Å². The second-order valence-electron chi connectivity index (χ2n) is 6.18. The molecule has 0 unspecified atom stereocenters. The maximum atomic E-state index is 12.8. The lowest BCUT2D eigenvalue weighted by molar-refractivity contribution is -0.135. The number of nitrogens with one attached hydrogen (secondary N) is 1. The van der Waals surface area contributed by atoms with E-state index in [9.17, 15) is 9.59 Å². The van der Waals surface area contributed by atoms with Crippen molar-refractivity contribution >= 4 is 23.1 Å². The van der Waals surface area contributed by atoms with Gasteiger partial charge in [-0.3, -0.25) is 14.5 Å². The zero-order chi connectivity index (χ0) is 21.1. The topological polar surface area (TPSA) is 86.3 Å². The van der Waals surface area contributed by atoms with Crippen LogP contribution in [0, 0.1) is 0 Å². The summed E-state index contributed by atoms with van der Waals surface area (Å²) in [5, 5.41) is 3.05. The van der Waals surface area contributed by atoms with Gasteiger partial charge in [0.25, 0.3) is 11.8 Å². The molecule has 0 aliphatic carbocycles. The third-order valence-corrected chi connectivity index (χ3v) is 4.63. The van der Waals surface area contributed by atoms with Gasteiger partial charge in [-0.15, -0.1) is 0 Å². The van der Waals surface area contributed by atoms with Crippen molar-refractivity contribution in [2.75, 3.05) is 40.8 Å². The number of nitrogens with zero attached hydrogens (tertiary/aromatic N) is 1. The maximum absolute atomic E-state index is 12.8. The van der Waals surface area contributed by atoms with Crippen LogP contribution in [0.2, 0.25) is 0 Å². The van der Waals surface area contributed by atoms with Crippen molar-refractivity contribution in [3.8, 4) is 23.0 Å². The molecule has 0 saturated heterocycles. The first-order valence-electron chi connectivity index (χ1n) is 8.73. The molecule has 1 heterocycles. The number of likely N-dealkylation sites (N-methyl/N-ethyl adjacent to an activating group) is 1. The molecule has 1 N–H and O–H groups in total. The Morgan fingerprint density at radius 2 is 1.45 bits per heavy atom. The number of anilines is 1. The number of benzene rings is 2. The number of carbonyl (C=O) groups is 2. The van der Waals surface area contributed by atoms with Crippen LogP contribution < -0.4 is 24.3 Å². The van der Waals surface area contributed by atoms with E-state index in [1.807, 2.05) is 0 Å². The van der Waals surface area contributed by atoms with Gasteiger partial charge in [0, 0.05) is 13.1 Å². The van der Waals surface area contributed by atoms with Crippen LogP contribution in [-0.2, 0) is 9.59 Å². The van der Waals surface area contributed by atoms with E-state index in [1.54, 1.807) is 43.5 Å². The van der Waals surface area contributed by atoms with E-state index >= 15 is 0 Å². The first-order chi connectivity index (χ1) is 13.9. The van der Waals surface area contributed by atoms with Gasteiger partial charge in [-0.2, -0.15) is 0 Å². The molecular weight excluding hydrogens is 376 g/mol. The van der Waals surface area contributed by atoms with Gasteiger partial charge in [-0.1, -0.05) is 6.07 Å². The van der Waals surface area contributed by atoms with Crippen LogP contribution >= 0.6 is 0 Å². The zero-order valence-corrected chi connectivity index (χ0v) is 16.9. The van der Waals surface area contributed by atoms with Crippen LogP contribution in [0.25, 0.3) is 5.57 Å². The van der Waals surface area contributed by atoms with Crippen molar-refractivity contribution < 1.29 is 28.5 Å². The summed E-state index contributed by atoms with van der Waals surface area (Å²) in [6.45, 7) is 0. The smallest absolute Gasteiger partial charge is 0.277 e. The van der Waals surface area contributed by atoms with Crippen molar-refractivity contribution in [2.24, 2.45) is 0 Å². The normalized spacial score (nSPS) is 13.6. The van der Waals surface area contributed by atoms with Crippen LogP contribution in [0.4, 0.5) is 5.69 Å². The highest BCUT2D eigenvalue weighted by molar-refractivity contribution is 6.36. The Balaban J connectivity index is 2.12. The Bertz CT molecular complexity index is 999. The highest BCUT2D eigenvalue weighted by Gasteiger charge is 2.37. The molecule has 1 aliphatic heterocycles. The Hall–Kier alpha value is -3.68. The lowest BCUT2D eigenvalue weighted by atomic mass is 10.0. The monoisotopic (exact) mass is 398 g/mol. The van der Waals surface area contributed by atoms with E-state index in [1.165, 1.54) is 28.4 Å². The lowest BCUT2D eigenvalue weighted by Gasteiger charge is -2.14. The quantitative estimate of drug-likeness (QED) is 0.717. The summed E-state index contributed by atoms with van der Waals surface area (Å²) in [4.78, 5) is 26.6. The predicted octanol–water partition coefficient (Wildman–Crippen LogP) is 2.54. The van der Waals surface area contributed by atoms with Gasteiger partial charge in [0.1, 0.15) is 17.2 Å². The molecule has 0 spiro atoms. The summed E-state index contributed by atoms with van der Waals surface area (Å²) in [5.41, 5.74) is 1.43. The SMILES string of the molecule is COc1ccc(NC2=C(c3ccc(OC)c(OC)c3)C(=O)N(C)C2=O)c(OC)c1. The molecule has 3 rings (SSSR count). The Morgan fingerprint density at radius 3 is 2.07 bits per heavy atom. The molecule has 2 aromatic carbocycles. The van der Waals surface area contributed by atoms with E-state index in [0.717, 1.165) is 4.90 Å². The standard InChI is InChI=1S/C21H22N2O6/c1-23-20(24)18(12-6-9-15(27-3)17(10-12)29-5)19(21(23)25)22-14-8-7-13(26-2)11-16(14)28-4/h6-11,22H,1-5H3. The van der Waals surface area contributed by atoms with Crippen molar-refractivity contribution in [1.29, 1.82) is 0 Å². The molecule has 1 aliphatic rings. The van der Waals surface area contributed by atoms with Crippen LogP contribution in [0.3, 0.4) is 0 Å². The Morgan fingerprint density at radius 1 is 0.759 bits per heavy atom. The molecule has 2 amide bonds. The van der Waals surface area contributed by atoms with Crippen LogP contribution in [0.5, 0.6) is 23.0 Å². The molecule has 0 fully saturated rings. The van der Waals surface area contributed by atoms with Crippen molar-refractivity contribution in [2.45, 2.75) is 0 Å². The Labute approximate surface area is 168 Å². The van der Waals surface area contributed by atoms with Crippen LogP contribution in [0.15, 0.2) is 42.1 Å². The van der Waals surface area contributed by atoms with E-state index in [4.69, 9.17) is 18.9 Å². The minimum atomic E-state index is -0.447. The number of carbonyl (C=O) groups excluding carboxylic acids is 2. The van der Waals surface area contributed by atoms with Crippen LogP contribution in [-0.4, -0.2) is 52.2 Å². The fourth-order valence-electron chi connectivity index (χ4n) is 3.05. The van der Waals surface area contributed by atoms with Gasteiger partial charge in [0.05, 0.1) is 39.7 Å². The molecular formula is C21H22N2O6. The molecule has 0 saturated carbocycles. The van der Waals surface area contributed by atoms with Gasteiger partial charge in [0.2, 0.25) is 0 Å². The highest BCUT2D eigenvalue weighted by Crippen LogP contribution is 2.37. The van der Waals surface area contributed by atoms with E-state index in [2.05, 4.69) is 5.32 Å². The first-order valence-corrected chi connectivity index (χ1v) is 8.73. The van der Waals surface area contributed by atoms with Gasteiger partial charge in [-0.05, 0) is 29.8 Å². The highest BCUT2D eigenvalue weighted by atomic mass is 16.5. The van der Waals surface area contributed by atoms with Gasteiger partial charge < -0.3 is 24.3 Å². The maximum Gasteiger partial charge on any atom is 0.277 e. The minimum Gasteiger partial charge on any atom is -0.497 e. The molecule has 0 atom stereocenters. The summed E-state index contributed by atoms with van der Waals surface area (Å²) in [5.74, 6) is 1.18. The van der Waals surface area contributed by atoms with Crippen molar-refractivity contribution in [1.82, 2.24) is 4.90 Å². The molecule has 0 aromatic heterocycles. The molecule has 152 valence electrons. The number of hydrogen-bond donors (Lipinski definition) is 1. The Kier molecular flexibility index (Phi) is 5.63. The summed E-state index contributed by atoms with van der Waals surface area (Å²) >= 11 is 0. The first kappa shape index (κ1) is 20.1. The average molecular weight is 398 g/mol. The lowest BCUT2D eigenvalue weighted by Crippen LogP contribution is -2.28. The second kappa shape index (κ2) is 8.14. The number of hydrogen-bond acceptors (Lipinski definition) is 7. The average Bonchev–Trinajstić information content (AvgIpc) is 2.97. The van der Waals surface area contributed by atoms with E-state index < -0.39 is 11.8 Å². The van der Waals surface area contributed by atoms with Gasteiger partial charge in [0.15, 0.2) is 11.5 Å². The van der Waals surface area contributed by atoms with Gasteiger partial charge >= 0.3 is 0 Å². The number of ether oxygens (including phenoxy) is 4. The van der Waals surface area contributed by atoms with Gasteiger partial charge in [-0.25, -0.2) is 0 Å². The van der Waals surface area contributed by atoms with Crippen LogP contribution in [0.1, 0.15) is 5.56 Å². The molecule has 2 aromatic rings. The van der Waals surface area contributed by atoms with E-state index in [0.29, 0.717) is 34.2 Å². The molecule has 8 nitrogen and oxygen atoms in total. The largest absolute Gasteiger partial charge is 0.497 e. The summed E-state index contributed by atoms with van der Waals surface area (Å²) in [6, 6.07) is 10.2. The number of rotatable bonds is 7. The second-order valence-corrected chi connectivity index (χ2v) is 6.18. The third-order valence-electron chi connectivity index (χ3n) is 4.63. The summed E-state index contributed by atoms with van der Waals surface area (Å²) in [7, 11) is 7.53. The molecule has 8 heteroatoms. The molecule has 0 bridgehead atoms. The molecule has 29 heavy (non-hydrogen) atoms. The fourth-order valence-corrected chi connectivity index (χ4v) is 3.05. The minimum absolute atomic E-state index is 0.146. The summed E-state index contributed by atoms with van der Waals surface area (Å²) < 4.78 is 21.2. The number of imide groups is 1. The van der Waals surface area contributed by atoms with Crippen molar-refractivity contribution in [3.05, 3.63) is 47.7 Å². The fraction of sp³-hybridized carbons (Fsp3) is 0.238. The number of methoxy groups -OCH3 is 4. The predicted molar refractivity (Wildman–Crippen MR) is 107 cm³/mol. The summed E-state index contributed by atoms with van der Waals surface area (Å²) in [6.07, 6.45) is 0. The van der Waals surface area contributed by atoms with Crippen molar-refractivity contribution in [3.63, 3.8) is 0 Å². The zero-order valence-electron chi connectivity index (χ0n) is 16.9. The third kappa shape index (κ3) is 3.56. The molecule has 0 radical (unpaired) electrons. The number of amides is 2.